The molecule has 0 N–H and O–H groups in total. The summed E-state index contributed by atoms with van der Waals surface area (Å²) in [4.78, 5) is 17.3. The molecule has 0 aromatic carbocycles. The summed E-state index contributed by atoms with van der Waals surface area (Å²) < 4.78 is 2.06. The van der Waals surface area contributed by atoms with Crippen LogP contribution < -0.4 is 0 Å². The van der Waals surface area contributed by atoms with Gasteiger partial charge in [0.2, 0.25) is 0 Å². The average molecular weight is 288 g/mol. The molecule has 0 amide bonds. The molecule has 0 aliphatic rings. The van der Waals surface area contributed by atoms with Crippen molar-refractivity contribution in [2.75, 3.05) is 0 Å². The van der Waals surface area contributed by atoms with Gasteiger partial charge in [-0.05, 0) is 19.9 Å². The Morgan fingerprint density at radius 2 is 2.10 bits per heavy atom. The first kappa shape index (κ1) is 13.0. The van der Waals surface area contributed by atoms with E-state index in [2.05, 4.69) is 24.5 Å². The topological polar surface area (TPSA) is 56.5 Å². The van der Waals surface area contributed by atoms with Gasteiger partial charge < -0.3 is 4.57 Å². The second kappa shape index (κ2) is 5.17. The fourth-order valence-corrected chi connectivity index (χ4v) is 2.30. The zero-order chi connectivity index (χ0) is 14.1. The molecule has 0 spiro atoms. The van der Waals surface area contributed by atoms with Gasteiger partial charge in [-0.2, -0.15) is 0 Å². The van der Waals surface area contributed by atoms with Crippen molar-refractivity contribution < 1.29 is 0 Å². The summed E-state index contributed by atoms with van der Waals surface area (Å²) in [7, 11) is 0. The van der Waals surface area contributed by atoms with E-state index in [4.69, 9.17) is 11.6 Å². The first-order chi connectivity index (χ1) is 9.65. The van der Waals surface area contributed by atoms with Crippen molar-refractivity contribution in [1.82, 2.24) is 24.5 Å². The minimum atomic E-state index is -0.180. The highest BCUT2D eigenvalue weighted by molar-refractivity contribution is 6.20. The smallest absolute Gasteiger partial charge is 0.128 e. The lowest BCUT2D eigenvalue weighted by molar-refractivity contribution is 0.722. The molecule has 3 heterocycles. The van der Waals surface area contributed by atoms with E-state index in [0.29, 0.717) is 6.54 Å². The molecule has 20 heavy (non-hydrogen) atoms. The number of fused-ring (bicyclic) bond motifs is 1. The van der Waals surface area contributed by atoms with Crippen LogP contribution in [0.5, 0.6) is 0 Å². The van der Waals surface area contributed by atoms with Gasteiger partial charge in [-0.3, -0.25) is 15.0 Å². The highest BCUT2D eigenvalue weighted by Crippen LogP contribution is 2.24. The molecule has 5 nitrogen and oxygen atoms in total. The van der Waals surface area contributed by atoms with E-state index in [1.165, 1.54) is 0 Å². The fraction of sp³-hybridized carbons (Fsp3) is 0.286. The van der Waals surface area contributed by atoms with Gasteiger partial charge in [0, 0.05) is 12.4 Å². The maximum Gasteiger partial charge on any atom is 0.128 e. The Morgan fingerprint density at radius 3 is 2.80 bits per heavy atom. The standard InChI is InChI=1S/C14H14ClN5/c1-9-5-18-11(6-17-9)8-20-13-3-4-16-7-12(13)19-14(20)10(2)15/h3-7,10H,8H2,1-2H3. The van der Waals surface area contributed by atoms with Gasteiger partial charge in [-0.25, -0.2) is 4.98 Å². The van der Waals surface area contributed by atoms with Crippen molar-refractivity contribution in [2.24, 2.45) is 0 Å². The van der Waals surface area contributed by atoms with Gasteiger partial charge in [0.15, 0.2) is 0 Å². The first-order valence-electron chi connectivity index (χ1n) is 6.37. The van der Waals surface area contributed by atoms with E-state index in [0.717, 1.165) is 28.2 Å². The highest BCUT2D eigenvalue weighted by atomic mass is 35.5. The maximum atomic E-state index is 6.23. The Morgan fingerprint density at radius 1 is 1.25 bits per heavy atom. The summed E-state index contributed by atoms with van der Waals surface area (Å²) in [5.74, 6) is 0.817. The highest BCUT2D eigenvalue weighted by Gasteiger charge is 2.15. The van der Waals surface area contributed by atoms with Crippen molar-refractivity contribution in [3.05, 3.63) is 48.1 Å². The quantitative estimate of drug-likeness (QED) is 0.695. The van der Waals surface area contributed by atoms with Crippen LogP contribution in [-0.2, 0) is 6.54 Å². The van der Waals surface area contributed by atoms with E-state index in [1.807, 2.05) is 19.9 Å². The Hall–Kier alpha value is -2.01. The van der Waals surface area contributed by atoms with Crippen molar-refractivity contribution in [3.8, 4) is 0 Å². The number of hydrogen-bond acceptors (Lipinski definition) is 4. The van der Waals surface area contributed by atoms with Crippen LogP contribution in [0.3, 0.4) is 0 Å². The number of halogens is 1. The van der Waals surface area contributed by atoms with E-state index < -0.39 is 0 Å². The van der Waals surface area contributed by atoms with Gasteiger partial charge in [0.05, 0.1) is 41.2 Å². The molecule has 1 unspecified atom stereocenters. The molecule has 0 bridgehead atoms. The Bertz CT molecular complexity index is 733. The van der Waals surface area contributed by atoms with Crippen LogP contribution in [-0.4, -0.2) is 24.5 Å². The lowest BCUT2D eigenvalue weighted by Crippen LogP contribution is -2.07. The second-order valence-electron chi connectivity index (χ2n) is 4.69. The molecule has 0 saturated heterocycles. The summed E-state index contributed by atoms with van der Waals surface area (Å²) in [5, 5.41) is -0.180. The maximum absolute atomic E-state index is 6.23. The minimum Gasteiger partial charge on any atom is -0.320 e. The molecular formula is C14H14ClN5. The van der Waals surface area contributed by atoms with E-state index in [-0.39, 0.29) is 5.38 Å². The Labute approximate surface area is 121 Å². The molecule has 6 heteroatoms. The third-order valence-corrected chi connectivity index (χ3v) is 3.29. The predicted molar refractivity (Wildman–Crippen MR) is 77.7 cm³/mol. The lowest BCUT2D eigenvalue weighted by atomic mass is 10.3. The number of alkyl halides is 1. The summed E-state index contributed by atoms with van der Waals surface area (Å²) in [6.07, 6.45) is 7.05. The molecule has 0 aliphatic carbocycles. The van der Waals surface area contributed by atoms with Crippen LogP contribution in [0.15, 0.2) is 30.9 Å². The summed E-state index contributed by atoms with van der Waals surface area (Å²) >= 11 is 6.23. The number of aryl methyl sites for hydroxylation is 1. The van der Waals surface area contributed by atoms with Crippen LogP contribution in [0.25, 0.3) is 11.0 Å². The molecule has 0 saturated carbocycles. The average Bonchev–Trinajstić information content (AvgIpc) is 2.81. The summed E-state index contributed by atoms with van der Waals surface area (Å²) in [6.45, 7) is 4.43. The predicted octanol–water partition coefficient (Wildman–Crippen LogP) is 2.88. The van der Waals surface area contributed by atoms with Crippen LogP contribution in [0.4, 0.5) is 0 Å². The van der Waals surface area contributed by atoms with Gasteiger partial charge in [-0.15, -0.1) is 11.6 Å². The monoisotopic (exact) mass is 287 g/mol. The number of aromatic nitrogens is 5. The van der Waals surface area contributed by atoms with Gasteiger partial charge >= 0.3 is 0 Å². The zero-order valence-electron chi connectivity index (χ0n) is 11.3. The molecule has 3 aromatic rings. The summed E-state index contributed by atoms with van der Waals surface area (Å²) in [5.41, 5.74) is 3.63. The lowest BCUT2D eigenvalue weighted by Gasteiger charge is -2.09. The van der Waals surface area contributed by atoms with Crippen LogP contribution >= 0.6 is 11.6 Å². The summed E-state index contributed by atoms with van der Waals surface area (Å²) in [6, 6.07) is 1.94. The third-order valence-electron chi connectivity index (χ3n) is 3.09. The van der Waals surface area contributed by atoms with E-state index in [1.54, 1.807) is 24.8 Å². The van der Waals surface area contributed by atoms with Gasteiger partial charge in [0.1, 0.15) is 11.3 Å². The molecule has 3 rings (SSSR count). The van der Waals surface area contributed by atoms with Gasteiger partial charge in [0.25, 0.3) is 0 Å². The molecule has 1 atom stereocenters. The number of rotatable bonds is 3. The first-order valence-corrected chi connectivity index (χ1v) is 6.80. The largest absolute Gasteiger partial charge is 0.320 e. The van der Waals surface area contributed by atoms with Gasteiger partial charge in [-0.1, -0.05) is 0 Å². The van der Waals surface area contributed by atoms with Crippen LogP contribution in [0, 0.1) is 6.92 Å². The second-order valence-corrected chi connectivity index (χ2v) is 5.34. The number of pyridine rings is 1. The molecule has 3 aromatic heterocycles. The number of hydrogen-bond donors (Lipinski definition) is 0. The normalized spacial score (nSPS) is 12.8. The number of imidazole rings is 1. The fourth-order valence-electron chi connectivity index (χ4n) is 2.13. The van der Waals surface area contributed by atoms with Crippen molar-refractivity contribution in [2.45, 2.75) is 25.8 Å². The van der Waals surface area contributed by atoms with E-state index >= 15 is 0 Å². The minimum absolute atomic E-state index is 0.180. The molecular weight excluding hydrogens is 274 g/mol. The SMILES string of the molecule is Cc1cnc(Cn2c(C(C)Cl)nc3cnccc32)cn1. The Kier molecular flexibility index (Phi) is 3.36. The van der Waals surface area contributed by atoms with Crippen molar-refractivity contribution in [3.63, 3.8) is 0 Å². The number of nitrogens with zero attached hydrogens (tertiary/aromatic N) is 5. The molecule has 0 fully saturated rings. The van der Waals surface area contributed by atoms with E-state index in [9.17, 15) is 0 Å². The zero-order valence-corrected chi connectivity index (χ0v) is 12.0. The third kappa shape index (κ3) is 2.36. The van der Waals surface area contributed by atoms with Crippen LogP contribution in [0.2, 0.25) is 0 Å². The Balaban J connectivity index is 2.09. The molecule has 0 radical (unpaired) electrons. The van der Waals surface area contributed by atoms with Crippen molar-refractivity contribution in [1.29, 1.82) is 0 Å². The molecule has 102 valence electrons. The molecule has 0 aliphatic heterocycles. The van der Waals surface area contributed by atoms with Crippen LogP contribution in [0.1, 0.15) is 29.5 Å². The van der Waals surface area contributed by atoms with Crippen molar-refractivity contribution >= 4 is 22.6 Å².